The van der Waals surface area contributed by atoms with Crippen LogP contribution in [0.4, 0.5) is 0 Å². The molecule has 0 radical (unpaired) electrons. The van der Waals surface area contributed by atoms with Crippen molar-refractivity contribution >= 4 is 29.9 Å². The first kappa shape index (κ1) is 13.1. The average molecular weight is 323 g/mol. The number of halogens is 1. The normalized spacial score (nSPS) is 29.3. The molecule has 2 heterocycles. The lowest BCUT2D eigenvalue weighted by molar-refractivity contribution is 0.199. The molecule has 0 aliphatic carbocycles. The van der Waals surface area contributed by atoms with Crippen molar-refractivity contribution in [2.75, 3.05) is 26.7 Å². The fourth-order valence-electron chi connectivity index (χ4n) is 2.40. The van der Waals surface area contributed by atoms with Crippen LogP contribution in [-0.2, 0) is 0 Å². The smallest absolute Gasteiger partial charge is 0.196 e. The van der Waals surface area contributed by atoms with E-state index < -0.39 is 0 Å². The van der Waals surface area contributed by atoms with Crippen molar-refractivity contribution in [1.82, 2.24) is 9.80 Å². The molecule has 0 bridgehead atoms. The second-order valence-corrected chi connectivity index (χ2v) is 4.64. The number of guanidine groups is 1. The molecule has 1 saturated heterocycles. The third-order valence-electron chi connectivity index (χ3n) is 3.46. The SMILES string of the molecule is CCN(C)C1=NCC2CCC(C)CN12.I. The van der Waals surface area contributed by atoms with Crippen molar-refractivity contribution in [3.8, 4) is 0 Å². The highest BCUT2D eigenvalue weighted by Crippen LogP contribution is 2.26. The maximum absolute atomic E-state index is 4.65. The number of aliphatic imine (C=N–C) groups is 1. The average Bonchev–Trinajstić information content (AvgIpc) is 2.59. The van der Waals surface area contributed by atoms with Gasteiger partial charge >= 0.3 is 0 Å². The van der Waals surface area contributed by atoms with Crippen LogP contribution in [0, 0.1) is 5.92 Å². The lowest BCUT2D eigenvalue weighted by atomic mass is 9.95. The third kappa shape index (κ3) is 2.57. The summed E-state index contributed by atoms with van der Waals surface area (Å²) in [7, 11) is 2.14. The number of rotatable bonds is 1. The standard InChI is InChI=1S/C11H21N3.HI/c1-4-13(3)11-12-7-10-6-5-9(2)8-14(10)11;/h9-10H,4-8H2,1-3H3;1H. The molecular weight excluding hydrogens is 301 g/mol. The van der Waals surface area contributed by atoms with E-state index in [1.807, 2.05) is 0 Å². The summed E-state index contributed by atoms with van der Waals surface area (Å²) in [5.74, 6) is 2.06. The Kier molecular flexibility index (Phi) is 4.67. The van der Waals surface area contributed by atoms with E-state index in [-0.39, 0.29) is 24.0 Å². The molecule has 4 heteroatoms. The minimum Gasteiger partial charge on any atom is -0.346 e. The number of fused-ring (bicyclic) bond motifs is 1. The Morgan fingerprint density at radius 2 is 2.20 bits per heavy atom. The van der Waals surface area contributed by atoms with Gasteiger partial charge in [-0.15, -0.1) is 24.0 Å². The molecular formula is C11H22IN3. The quantitative estimate of drug-likeness (QED) is 0.688. The first-order valence-corrected chi connectivity index (χ1v) is 5.74. The number of nitrogens with zero attached hydrogens (tertiary/aromatic N) is 3. The summed E-state index contributed by atoms with van der Waals surface area (Å²) in [4.78, 5) is 9.43. The summed E-state index contributed by atoms with van der Waals surface area (Å²) < 4.78 is 0. The molecule has 2 unspecified atom stereocenters. The summed E-state index contributed by atoms with van der Waals surface area (Å²) in [6, 6.07) is 0.704. The molecule has 2 rings (SSSR count). The second-order valence-electron chi connectivity index (χ2n) is 4.64. The number of piperidine rings is 1. The summed E-state index contributed by atoms with van der Waals surface area (Å²) in [6.45, 7) is 7.80. The van der Waals surface area contributed by atoms with Gasteiger partial charge < -0.3 is 9.80 Å². The molecule has 0 aromatic rings. The lowest BCUT2D eigenvalue weighted by Crippen LogP contribution is -2.48. The van der Waals surface area contributed by atoms with E-state index in [4.69, 9.17) is 0 Å². The Morgan fingerprint density at radius 1 is 1.47 bits per heavy atom. The van der Waals surface area contributed by atoms with Crippen LogP contribution in [-0.4, -0.2) is 48.5 Å². The predicted octanol–water partition coefficient (Wildman–Crippen LogP) is 2.03. The number of hydrogen-bond acceptors (Lipinski definition) is 3. The minimum absolute atomic E-state index is 0. The lowest BCUT2D eigenvalue weighted by Gasteiger charge is -2.37. The van der Waals surface area contributed by atoms with Crippen molar-refractivity contribution in [3.63, 3.8) is 0 Å². The summed E-state index contributed by atoms with van der Waals surface area (Å²) in [5, 5.41) is 0. The fraction of sp³-hybridized carbons (Fsp3) is 0.909. The van der Waals surface area contributed by atoms with Crippen LogP contribution in [0.1, 0.15) is 26.7 Å². The molecule has 2 atom stereocenters. The fourth-order valence-corrected chi connectivity index (χ4v) is 2.40. The first-order chi connectivity index (χ1) is 6.72. The van der Waals surface area contributed by atoms with E-state index in [0.717, 1.165) is 19.0 Å². The molecule has 2 aliphatic heterocycles. The van der Waals surface area contributed by atoms with Crippen LogP contribution in [0.2, 0.25) is 0 Å². The summed E-state index contributed by atoms with van der Waals surface area (Å²) in [6.07, 6.45) is 2.70. The predicted molar refractivity (Wildman–Crippen MR) is 74.9 cm³/mol. The highest BCUT2D eigenvalue weighted by Gasteiger charge is 2.33. The van der Waals surface area contributed by atoms with Gasteiger partial charge in [0.15, 0.2) is 5.96 Å². The van der Waals surface area contributed by atoms with Crippen molar-refractivity contribution in [1.29, 1.82) is 0 Å². The van der Waals surface area contributed by atoms with Gasteiger partial charge in [0.05, 0.1) is 12.6 Å². The van der Waals surface area contributed by atoms with Crippen LogP contribution >= 0.6 is 24.0 Å². The zero-order valence-corrected chi connectivity index (χ0v) is 12.3. The Morgan fingerprint density at radius 3 is 2.87 bits per heavy atom. The molecule has 0 saturated carbocycles. The first-order valence-electron chi connectivity index (χ1n) is 5.74. The van der Waals surface area contributed by atoms with Gasteiger partial charge in [0.25, 0.3) is 0 Å². The van der Waals surface area contributed by atoms with Gasteiger partial charge in [-0.05, 0) is 25.7 Å². The van der Waals surface area contributed by atoms with E-state index in [0.29, 0.717) is 6.04 Å². The van der Waals surface area contributed by atoms with Crippen molar-refractivity contribution in [2.45, 2.75) is 32.7 Å². The molecule has 1 fully saturated rings. The van der Waals surface area contributed by atoms with E-state index >= 15 is 0 Å². The minimum atomic E-state index is 0. The number of hydrogen-bond donors (Lipinski definition) is 0. The molecule has 0 aromatic heterocycles. The highest BCUT2D eigenvalue weighted by molar-refractivity contribution is 14.0. The zero-order chi connectivity index (χ0) is 10.1. The molecule has 0 N–H and O–H groups in total. The zero-order valence-electron chi connectivity index (χ0n) is 9.94. The van der Waals surface area contributed by atoms with Gasteiger partial charge in [-0.2, -0.15) is 0 Å². The van der Waals surface area contributed by atoms with Crippen molar-refractivity contribution in [2.24, 2.45) is 10.9 Å². The van der Waals surface area contributed by atoms with Gasteiger partial charge in [-0.3, -0.25) is 4.99 Å². The topological polar surface area (TPSA) is 18.8 Å². The van der Waals surface area contributed by atoms with Crippen LogP contribution in [0.25, 0.3) is 0 Å². The van der Waals surface area contributed by atoms with Crippen LogP contribution in [0.3, 0.4) is 0 Å². The molecule has 0 aromatic carbocycles. The van der Waals surface area contributed by atoms with Gasteiger partial charge in [-0.1, -0.05) is 6.92 Å². The van der Waals surface area contributed by atoms with Gasteiger partial charge in [-0.25, -0.2) is 0 Å². The Balaban J connectivity index is 0.00000112. The Hall–Kier alpha value is 0. The van der Waals surface area contributed by atoms with Crippen molar-refractivity contribution in [3.05, 3.63) is 0 Å². The molecule has 15 heavy (non-hydrogen) atoms. The van der Waals surface area contributed by atoms with Crippen LogP contribution < -0.4 is 0 Å². The van der Waals surface area contributed by atoms with Crippen LogP contribution in [0.5, 0.6) is 0 Å². The largest absolute Gasteiger partial charge is 0.346 e. The van der Waals surface area contributed by atoms with E-state index in [2.05, 4.69) is 35.7 Å². The van der Waals surface area contributed by atoms with Crippen molar-refractivity contribution < 1.29 is 0 Å². The maximum atomic E-state index is 4.65. The second kappa shape index (κ2) is 5.37. The molecule has 0 amide bonds. The van der Waals surface area contributed by atoms with Gasteiger partial charge in [0.2, 0.25) is 0 Å². The Bertz CT molecular complexity index is 242. The van der Waals surface area contributed by atoms with Gasteiger partial charge in [0.1, 0.15) is 0 Å². The summed E-state index contributed by atoms with van der Waals surface area (Å²) >= 11 is 0. The molecule has 2 aliphatic rings. The molecule has 3 nitrogen and oxygen atoms in total. The van der Waals surface area contributed by atoms with E-state index in [9.17, 15) is 0 Å². The van der Waals surface area contributed by atoms with Crippen LogP contribution in [0.15, 0.2) is 4.99 Å². The molecule has 0 spiro atoms. The maximum Gasteiger partial charge on any atom is 0.196 e. The monoisotopic (exact) mass is 323 g/mol. The summed E-state index contributed by atoms with van der Waals surface area (Å²) in [5.41, 5.74) is 0. The van der Waals surface area contributed by atoms with E-state index in [1.54, 1.807) is 0 Å². The van der Waals surface area contributed by atoms with E-state index in [1.165, 1.54) is 25.3 Å². The third-order valence-corrected chi connectivity index (χ3v) is 3.46. The Labute approximate surface area is 110 Å². The van der Waals surface area contributed by atoms with Gasteiger partial charge in [0, 0.05) is 20.1 Å². The highest BCUT2D eigenvalue weighted by atomic mass is 127. The molecule has 88 valence electrons.